The van der Waals surface area contributed by atoms with Crippen molar-refractivity contribution >= 4 is 22.1 Å². The van der Waals surface area contributed by atoms with Gasteiger partial charge in [0.05, 0.1) is 0 Å². The highest BCUT2D eigenvalue weighted by Crippen LogP contribution is 2.31. The van der Waals surface area contributed by atoms with Crippen LogP contribution in [0.1, 0.15) is 43.2 Å². The van der Waals surface area contributed by atoms with Gasteiger partial charge in [-0.1, -0.05) is 109 Å². The summed E-state index contributed by atoms with van der Waals surface area (Å²) in [5.74, 6) is 0. The van der Waals surface area contributed by atoms with Crippen LogP contribution in [-0.4, -0.2) is 17.6 Å². The van der Waals surface area contributed by atoms with Gasteiger partial charge in [0.1, 0.15) is 0 Å². The van der Waals surface area contributed by atoms with Crippen LogP contribution in [-0.2, 0) is 0 Å². The third-order valence-electron chi connectivity index (χ3n) is 12.1. The van der Waals surface area contributed by atoms with Crippen LogP contribution >= 0.6 is 0 Å². The summed E-state index contributed by atoms with van der Waals surface area (Å²) in [5.41, 5.74) is 22.7. The van der Waals surface area contributed by atoms with Gasteiger partial charge in [0.25, 0.3) is 0 Å². The summed E-state index contributed by atoms with van der Waals surface area (Å²) >= 11 is 0. The predicted octanol–water partition coefficient (Wildman–Crippen LogP) is 16.1. The molecule has 0 saturated heterocycles. The molecule has 0 aromatic carbocycles. The molecule has 8 aromatic heterocycles. The molecule has 4 nitrogen and oxygen atoms in total. The molecule has 0 aliphatic heterocycles. The summed E-state index contributed by atoms with van der Waals surface area (Å²) < 4.78 is 8.51. The van der Waals surface area contributed by atoms with Crippen LogP contribution < -0.4 is 0 Å². The minimum absolute atomic E-state index is 1.26. The van der Waals surface area contributed by atoms with Crippen molar-refractivity contribution < 1.29 is 0 Å². The average Bonchev–Trinajstić information content (AvgIpc) is 4.15. The Bertz CT molecular complexity index is 3310. The van der Waals surface area contributed by atoms with E-state index in [1.54, 1.807) is 0 Å². The van der Waals surface area contributed by atoms with E-state index in [-0.39, 0.29) is 0 Å². The number of nitrogens with zero attached hydrogens (tertiary/aromatic N) is 4. The van der Waals surface area contributed by atoms with Crippen LogP contribution in [0.15, 0.2) is 288 Å². The third-order valence-corrected chi connectivity index (χ3v) is 12.1. The van der Waals surface area contributed by atoms with E-state index < -0.39 is 0 Å². The molecule has 0 bridgehead atoms. The molecule has 8 aromatic rings. The molecule has 6 aliphatic carbocycles. The minimum atomic E-state index is 1.26. The zero-order chi connectivity index (χ0) is 46.7. The minimum Gasteiger partial charge on any atom is -0.324 e. The highest BCUT2D eigenvalue weighted by atomic mass is 14.9. The topological polar surface area (TPSA) is 17.6 Å². The first-order chi connectivity index (χ1) is 32.6. The van der Waals surface area contributed by atoms with Crippen LogP contribution in [0.25, 0.3) is 22.1 Å². The summed E-state index contributed by atoms with van der Waals surface area (Å²) in [5, 5.41) is 0. The van der Waals surface area contributed by atoms with E-state index in [1.807, 2.05) is 0 Å². The van der Waals surface area contributed by atoms with Gasteiger partial charge in [-0.3, -0.25) is 0 Å². The average molecular weight is 873 g/mol. The van der Waals surface area contributed by atoms with Gasteiger partial charge in [-0.25, -0.2) is 0 Å². The Labute approximate surface area is 396 Å². The molecule has 0 spiro atoms. The van der Waals surface area contributed by atoms with E-state index in [2.05, 4.69) is 304 Å². The Hall–Kier alpha value is -8.08. The lowest BCUT2D eigenvalue weighted by Crippen LogP contribution is -1.85. The summed E-state index contributed by atoms with van der Waals surface area (Å²) in [6.07, 6.45) is 46.7. The quantitative estimate of drug-likeness (QED) is 0.144. The molecular weight excluding hydrogens is 813 g/mol. The smallest absolute Gasteiger partial charge is 0.0479 e. The summed E-state index contributed by atoms with van der Waals surface area (Å²) in [6.45, 7) is 14.8. The summed E-state index contributed by atoms with van der Waals surface area (Å²) in [7, 11) is 0. The van der Waals surface area contributed by atoms with E-state index in [9.17, 15) is 0 Å². The van der Waals surface area contributed by atoms with Gasteiger partial charge in [-0.2, -0.15) is 0 Å². The maximum Gasteiger partial charge on any atom is 0.0479 e. The lowest BCUT2D eigenvalue weighted by Gasteiger charge is -1.97. The van der Waals surface area contributed by atoms with Gasteiger partial charge in [0.2, 0.25) is 0 Å². The standard InChI is InChI=1S/4C9H9N.3C9H8/c1-8-4-2-6-10-7-3-5-9(8)10;1-8-4-2-5-9-6-3-7-10(8)9;1-8-4-5-9-3-2-6-10(9)7-8;1-8-4-6-10-5-2-3-9(10)7-8;1-7-5-8-3-2-4-9(8)6-7;2*1-7-5-6-8-3-2-4-9(7)8/h4*2-7H,1H3;3*2-6H,1H3. The normalized spacial score (nSPS) is 14.8. The van der Waals surface area contributed by atoms with Gasteiger partial charge in [-0.05, 0) is 200 Å². The number of aryl methyl sites for hydroxylation is 4. The summed E-state index contributed by atoms with van der Waals surface area (Å²) in [4.78, 5) is 0. The number of hydrogen-bond donors (Lipinski definition) is 0. The van der Waals surface area contributed by atoms with Gasteiger partial charge >= 0.3 is 0 Å². The molecule has 0 N–H and O–H groups in total. The van der Waals surface area contributed by atoms with Crippen LogP contribution in [0, 0.1) is 27.7 Å². The zero-order valence-electron chi connectivity index (χ0n) is 39.8. The van der Waals surface area contributed by atoms with Crippen LogP contribution in [0.3, 0.4) is 0 Å². The molecule has 6 aliphatic rings. The zero-order valence-corrected chi connectivity index (χ0v) is 39.8. The van der Waals surface area contributed by atoms with E-state index in [1.165, 1.54) is 94.6 Å². The lowest BCUT2D eigenvalue weighted by atomic mass is 10.1. The highest BCUT2D eigenvalue weighted by Gasteiger charge is 2.12. The molecule has 332 valence electrons. The molecule has 14 rings (SSSR count). The van der Waals surface area contributed by atoms with Crippen LogP contribution in [0.4, 0.5) is 0 Å². The Morgan fingerprint density at radius 2 is 1.09 bits per heavy atom. The van der Waals surface area contributed by atoms with Gasteiger partial charge in [0, 0.05) is 71.1 Å². The van der Waals surface area contributed by atoms with E-state index in [4.69, 9.17) is 0 Å². The second kappa shape index (κ2) is 21.3. The van der Waals surface area contributed by atoms with Crippen molar-refractivity contribution in [3.63, 3.8) is 0 Å². The fourth-order valence-electron chi connectivity index (χ4n) is 8.46. The van der Waals surface area contributed by atoms with Gasteiger partial charge in [-0.15, -0.1) is 0 Å². The van der Waals surface area contributed by atoms with Crippen molar-refractivity contribution in [1.29, 1.82) is 0 Å². The second-order valence-corrected chi connectivity index (χ2v) is 17.3. The highest BCUT2D eigenvalue weighted by molar-refractivity contribution is 5.64. The fraction of sp³-hybridized carbons (Fsp3) is 0.111. The van der Waals surface area contributed by atoms with Crippen molar-refractivity contribution in [2.24, 2.45) is 0 Å². The Balaban J connectivity index is 0.000000106. The molecule has 0 saturated carbocycles. The van der Waals surface area contributed by atoms with E-state index >= 15 is 0 Å². The van der Waals surface area contributed by atoms with Crippen molar-refractivity contribution in [3.05, 3.63) is 310 Å². The molecule has 67 heavy (non-hydrogen) atoms. The van der Waals surface area contributed by atoms with Crippen molar-refractivity contribution in [3.8, 4) is 0 Å². The molecule has 8 heterocycles. The molecule has 0 atom stereocenters. The predicted molar refractivity (Wildman–Crippen MR) is 286 cm³/mol. The largest absolute Gasteiger partial charge is 0.324 e. The number of pyridine rings is 4. The first kappa shape index (κ1) is 45.5. The summed E-state index contributed by atoms with van der Waals surface area (Å²) in [6, 6.07) is 35.6. The molecule has 4 heteroatoms. The Morgan fingerprint density at radius 3 is 1.88 bits per heavy atom. The van der Waals surface area contributed by atoms with Crippen molar-refractivity contribution in [1.82, 2.24) is 17.6 Å². The van der Waals surface area contributed by atoms with E-state index in [0.717, 1.165) is 0 Å². The Morgan fingerprint density at radius 1 is 0.403 bits per heavy atom. The first-order valence-electron chi connectivity index (χ1n) is 23.1. The maximum absolute atomic E-state index is 2.20. The number of aromatic nitrogens is 4. The van der Waals surface area contributed by atoms with E-state index in [0.29, 0.717) is 0 Å². The number of hydrogen-bond acceptors (Lipinski definition) is 0. The fourth-order valence-corrected chi connectivity index (χ4v) is 8.46. The Kier molecular flexibility index (Phi) is 14.4. The molecule has 0 radical (unpaired) electrons. The van der Waals surface area contributed by atoms with Crippen LogP contribution in [0.2, 0.25) is 0 Å². The maximum atomic E-state index is 2.20. The number of allylic oxidation sites excluding steroid dienone is 24. The van der Waals surface area contributed by atoms with Gasteiger partial charge in [0.15, 0.2) is 0 Å². The van der Waals surface area contributed by atoms with Crippen molar-refractivity contribution in [2.75, 3.05) is 0 Å². The molecule has 0 fully saturated rings. The molecule has 0 unspecified atom stereocenters. The number of rotatable bonds is 0. The SMILES string of the molecule is CC1=C2C=CC=C2C=C1.CC1=CC2=CC=CC2=C1.CC1=CC=C2C=CC=C12.Cc1ccc2cccn2c1.Cc1cccc2cccn12.Cc1cccn2cccc12.Cc1ccn2cccc2c1. The molecule has 0 amide bonds. The van der Waals surface area contributed by atoms with Crippen LogP contribution in [0.5, 0.6) is 0 Å². The molecular formula is C63H60N4. The number of fused-ring (bicyclic) bond motifs is 7. The lowest BCUT2D eigenvalue weighted by molar-refractivity contribution is 1.10. The third kappa shape index (κ3) is 11.4. The monoisotopic (exact) mass is 872 g/mol. The first-order valence-corrected chi connectivity index (χ1v) is 23.1. The van der Waals surface area contributed by atoms with Crippen molar-refractivity contribution in [2.45, 2.75) is 48.5 Å². The second-order valence-electron chi connectivity index (χ2n) is 17.3. The van der Waals surface area contributed by atoms with Gasteiger partial charge < -0.3 is 17.6 Å².